The van der Waals surface area contributed by atoms with Gasteiger partial charge in [-0.05, 0) is 18.1 Å². The molecule has 0 spiro atoms. The third-order valence-electron chi connectivity index (χ3n) is 4.54. The molecule has 3 heterocycles. The minimum Gasteiger partial charge on any atom is -0.338 e. The number of carbonyl (C=O) groups excluding carboxylic acids is 2. The molecule has 0 aromatic carbocycles. The molecule has 0 aliphatic carbocycles. The van der Waals surface area contributed by atoms with Crippen LogP contribution in [0.2, 0.25) is 0 Å². The second-order valence-electron chi connectivity index (χ2n) is 7.15. The number of nitrogens with one attached hydrogen (secondary N) is 2. The first-order valence-electron chi connectivity index (χ1n) is 9.26. The van der Waals surface area contributed by atoms with Crippen LogP contribution in [0.25, 0.3) is 0 Å². The lowest BCUT2D eigenvalue weighted by atomic mass is 10.1. The van der Waals surface area contributed by atoms with Crippen LogP contribution in [0.15, 0.2) is 18.5 Å². The molecule has 0 saturated carbocycles. The highest BCUT2D eigenvalue weighted by molar-refractivity contribution is 5.78. The van der Waals surface area contributed by atoms with Crippen LogP contribution in [0.4, 0.5) is 4.79 Å². The molecule has 2 aromatic heterocycles. The van der Waals surface area contributed by atoms with E-state index in [2.05, 4.69) is 20.8 Å². The summed E-state index contributed by atoms with van der Waals surface area (Å²) >= 11 is 0. The number of aromatic nitrogens is 4. The quantitative estimate of drug-likeness (QED) is 0.777. The van der Waals surface area contributed by atoms with E-state index in [9.17, 15) is 9.59 Å². The Morgan fingerprint density at radius 3 is 2.78 bits per heavy atom. The molecule has 3 amide bonds. The van der Waals surface area contributed by atoms with Gasteiger partial charge in [-0.25, -0.2) is 4.79 Å². The molecule has 146 valence electrons. The van der Waals surface area contributed by atoms with Gasteiger partial charge in [0.2, 0.25) is 5.91 Å². The molecule has 0 saturated heterocycles. The Labute approximate surface area is 158 Å². The molecular formula is C18H27N7O2. The van der Waals surface area contributed by atoms with Crippen LogP contribution >= 0.6 is 0 Å². The number of amides is 3. The maximum absolute atomic E-state index is 12.2. The van der Waals surface area contributed by atoms with E-state index in [0.717, 1.165) is 23.4 Å². The number of carbonyl (C=O) groups is 2. The topological polar surface area (TPSA) is 97.1 Å². The number of nitrogens with zero attached hydrogens (tertiary/aromatic N) is 5. The van der Waals surface area contributed by atoms with Gasteiger partial charge in [0.25, 0.3) is 0 Å². The fraction of sp³-hybridized carbons (Fsp3) is 0.556. The lowest BCUT2D eigenvalue weighted by Crippen LogP contribution is -2.40. The standard InChI is InChI=1S/C18H27N7O2/c1-13(2)17(26)24-6-7-25-16(12-24)8-15(22-25)10-20-18(27)19-5-4-14-9-21-23(3)11-14/h8-9,11,13H,4-7,10,12H2,1-3H3,(H2,19,20,27). The van der Waals surface area contributed by atoms with Gasteiger partial charge in [-0.1, -0.05) is 13.8 Å². The average Bonchev–Trinajstić information content (AvgIpc) is 3.24. The summed E-state index contributed by atoms with van der Waals surface area (Å²) < 4.78 is 3.66. The molecule has 0 atom stereocenters. The zero-order chi connectivity index (χ0) is 19.4. The lowest BCUT2D eigenvalue weighted by Gasteiger charge is -2.29. The fourth-order valence-corrected chi connectivity index (χ4v) is 3.12. The summed E-state index contributed by atoms with van der Waals surface area (Å²) in [5.74, 6) is 0.158. The highest BCUT2D eigenvalue weighted by Crippen LogP contribution is 2.15. The summed E-state index contributed by atoms with van der Waals surface area (Å²) in [6.07, 6.45) is 4.46. The molecule has 0 fully saturated rings. The summed E-state index contributed by atoms with van der Waals surface area (Å²) in [7, 11) is 1.87. The van der Waals surface area contributed by atoms with Gasteiger partial charge in [-0.3, -0.25) is 14.2 Å². The Balaban J connectivity index is 1.44. The van der Waals surface area contributed by atoms with Gasteiger partial charge in [0.1, 0.15) is 0 Å². The monoisotopic (exact) mass is 373 g/mol. The summed E-state index contributed by atoms with van der Waals surface area (Å²) in [6, 6.07) is 1.73. The van der Waals surface area contributed by atoms with Crippen LogP contribution in [0.1, 0.15) is 30.8 Å². The minimum atomic E-state index is -0.221. The smallest absolute Gasteiger partial charge is 0.315 e. The van der Waals surface area contributed by atoms with E-state index in [4.69, 9.17) is 0 Å². The van der Waals surface area contributed by atoms with Crippen LogP contribution in [-0.2, 0) is 37.9 Å². The van der Waals surface area contributed by atoms with E-state index >= 15 is 0 Å². The van der Waals surface area contributed by atoms with E-state index in [1.54, 1.807) is 10.9 Å². The van der Waals surface area contributed by atoms with E-state index < -0.39 is 0 Å². The second-order valence-corrected chi connectivity index (χ2v) is 7.15. The Morgan fingerprint density at radius 1 is 1.26 bits per heavy atom. The third kappa shape index (κ3) is 4.87. The van der Waals surface area contributed by atoms with Gasteiger partial charge in [-0.15, -0.1) is 0 Å². The first kappa shape index (κ1) is 18.9. The Hall–Kier alpha value is -2.84. The molecule has 27 heavy (non-hydrogen) atoms. The fourth-order valence-electron chi connectivity index (χ4n) is 3.12. The van der Waals surface area contributed by atoms with E-state index in [0.29, 0.717) is 32.7 Å². The molecule has 0 radical (unpaired) electrons. The number of urea groups is 1. The maximum atomic E-state index is 12.2. The van der Waals surface area contributed by atoms with Crippen molar-refractivity contribution < 1.29 is 9.59 Å². The van der Waals surface area contributed by atoms with Gasteiger partial charge in [0.05, 0.1) is 37.2 Å². The Kier molecular flexibility index (Phi) is 5.78. The molecule has 0 unspecified atom stereocenters. The molecule has 3 rings (SSSR count). The number of aryl methyl sites for hydroxylation is 1. The summed E-state index contributed by atoms with van der Waals surface area (Å²) in [5.41, 5.74) is 2.88. The number of fused-ring (bicyclic) bond motifs is 1. The normalized spacial score (nSPS) is 13.6. The van der Waals surface area contributed by atoms with Gasteiger partial charge in [0.15, 0.2) is 0 Å². The Morgan fingerprint density at radius 2 is 2.07 bits per heavy atom. The van der Waals surface area contributed by atoms with Gasteiger partial charge >= 0.3 is 6.03 Å². The highest BCUT2D eigenvalue weighted by atomic mass is 16.2. The Bertz CT molecular complexity index is 808. The number of rotatable bonds is 6. The summed E-state index contributed by atoms with van der Waals surface area (Å²) in [5, 5.41) is 14.3. The molecule has 9 heteroatoms. The molecule has 9 nitrogen and oxygen atoms in total. The van der Waals surface area contributed by atoms with Crippen molar-refractivity contribution in [2.75, 3.05) is 13.1 Å². The van der Waals surface area contributed by atoms with Gasteiger partial charge in [-0.2, -0.15) is 10.2 Å². The van der Waals surface area contributed by atoms with Crippen molar-refractivity contribution in [1.82, 2.24) is 35.1 Å². The molecule has 1 aliphatic heterocycles. The van der Waals surface area contributed by atoms with Crippen molar-refractivity contribution >= 4 is 11.9 Å². The molecule has 0 bridgehead atoms. The predicted molar refractivity (Wildman–Crippen MR) is 99.6 cm³/mol. The lowest BCUT2D eigenvalue weighted by molar-refractivity contribution is -0.136. The van der Waals surface area contributed by atoms with Crippen molar-refractivity contribution in [2.24, 2.45) is 13.0 Å². The van der Waals surface area contributed by atoms with E-state index in [1.807, 2.05) is 42.7 Å². The van der Waals surface area contributed by atoms with Gasteiger partial charge < -0.3 is 15.5 Å². The van der Waals surface area contributed by atoms with Crippen LogP contribution in [0.5, 0.6) is 0 Å². The zero-order valence-corrected chi connectivity index (χ0v) is 16.1. The van der Waals surface area contributed by atoms with Crippen molar-refractivity contribution in [3.05, 3.63) is 35.4 Å². The number of hydrogen-bond donors (Lipinski definition) is 2. The van der Waals surface area contributed by atoms with E-state index in [1.165, 1.54) is 0 Å². The van der Waals surface area contributed by atoms with Crippen LogP contribution in [0, 0.1) is 5.92 Å². The number of hydrogen-bond acceptors (Lipinski definition) is 4. The third-order valence-corrected chi connectivity index (χ3v) is 4.54. The van der Waals surface area contributed by atoms with E-state index in [-0.39, 0.29) is 17.9 Å². The van der Waals surface area contributed by atoms with Gasteiger partial charge in [0, 0.05) is 32.3 Å². The maximum Gasteiger partial charge on any atom is 0.315 e. The van der Waals surface area contributed by atoms with Crippen LogP contribution in [-0.4, -0.2) is 49.5 Å². The predicted octanol–water partition coefficient (Wildman–Crippen LogP) is 0.657. The van der Waals surface area contributed by atoms with Crippen molar-refractivity contribution in [2.45, 2.75) is 39.9 Å². The summed E-state index contributed by atoms with van der Waals surface area (Å²) in [4.78, 5) is 26.0. The van der Waals surface area contributed by atoms with Crippen molar-refractivity contribution in [3.63, 3.8) is 0 Å². The van der Waals surface area contributed by atoms with Crippen LogP contribution < -0.4 is 10.6 Å². The first-order valence-corrected chi connectivity index (χ1v) is 9.26. The van der Waals surface area contributed by atoms with Crippen molar-refractivity contribution in [1.29, 1.82) is 0 Å². The zero-order valence-electron chi connectivity index (χ0n) is 16.1. The summed E-state index contributed by atoms with van der Waals surface area (Å²) in [6.45, 7) is 6.66. The molecule has 2 N–H and O–H groups in total. The molecule has 1 aliphatic rings. The molecular weight excluding hydrogens is 346 g/mol. The van der Waals surface area contributed by atoms with Crippen LogP contribution in [0.3, 0.4) is 0 Å². The average molecular weight is 373 g/mol. The SMILES string of the molecule is CC(C)C(=O)N1CCn2nc(CNC(=O)NCCc3cnn(C)c3)cc2C1. The largest absolute Gasteiger partial charge is 0.338 e. The van der Waals surface area contributed by atoms with Crippen molar-refractivity contribution in [3.8, 4) is 0 Å². The first-order chi connectivity index (χ1) is 12.9. The second kappa shape index (κ2) is 8.24. The molecule has 2 aromatic rings. The highest BCUT2D eigenvalue weighted by Gasteiger charge is 2.23. The minimum absolute atomic E-state index is 0.00373.